The number of nitriles is 2. The van der Waals surface area contributed by atoms with Crippen molar-refractivity contribution >= 4 is 33.1 Å². The Bertz CT molecular complexity index is 2240. The predicted molar refractivity (Wildman–Crippen MR) is 167 cm³/mol. The third-order valence-electron chi connectivity index (χ3n) is 8.51. The van der Waals surface area contributed by atoms with Crippen molar-refractivity contribution in [1.82, 2.24) is 0 Å². The van der Waals surface area contributed by atoms with Gasteiger partial charge in [0.15, 0.2) is 0 Å². The quantitative estimate of drug-likeness (QED) is 0.164. The van der Waals surface area contributed by atoms with Crippen LogP contribution in [0.1, 0.15) is 22.3 Å². The number of fused-ring (bicyclic) bond motifs is 2. The van der Waals surface area contributed by atoms with Gasteiger partial charge in [0.25, 0.3) is 0 Å². The Balaban J connectivity index is 1.67. The minimum Gasteiger partial charge on any atom is -0.497 e. The molecule has 0 unspecified atom stereocenters. The molecule has 0 bridgehead atoms. The van der Waals surface area contributed by atoms with Crippen LogP contribution in [0.2, 0.25) is 0 Å². The topological polar surface area (TPSA) is 92.3 Å². The molecule has 0 radical (unpaired) electrons. The summed E-state index contributed by atoms with van der Waals surface area (Å²) in [4.78, 5) is 0. The molecule has 1 aliphatic rings. The summed E-state index contributed by atoms with van der Waals surface area (Å²) in [5, 5.41) is 18.5. The summed E-state index contributed by atoms with van der Waals surface area (Å²) in [5.74, 6) is -17.0. The summed E-state index contributed by atoms with van der Waals surface area (Å²) in [7, 11) is 2.78. The maximum absolute atomic E-state index is 16.4. The molecule has 49 heavy (non-hydrogen) atoms. The molecule has 7 rings (SSSR count). The number of allylic oxidation sites excluding steroid dienone is 2. The number of benzene rings is 4. The molecule has 6 nitrogen and oxygen atoms in total. The number of hydrogen-bond acceptors (Lipinski definition) is 6. The average molecular weight is 671 g/mol. The van der Waals surface area contributed by atoms with Gasteiger partial charge in [-0.25, -0.2) is 0 Å². The second-order valence-corrected chi connectivity index (χ2v) is 11.2. The maximum atomic E-state index is 16.4. The van der Waals surface area contributed by atoms with Crippen molar-refractivity contribution in [2.75, 3.05) is 14.2 Å². The Labute approximate surface area is 273 Å². The van der Waals surface area contributed by atoms with Gasteiger partial charge in [-0.05, 0) is 84.9 Å². The molecule has 0 N–H and O–H groups in total. The van der Waals surface area contributed by atoms with Crippen LogP contribution in [0.3, 0.4) is 0 Å². The molecular formula is C37H20F6N2O4. The van der Waals surface area contributed by atoms with Crippen LogP contribution < -0.4 is 9.47 Å². The number of nitrogens with zero attached hydrogens (tertiary/aromatic N) is 2. The van der Waals surface area contributed by atoms with Gasteiger partial charge in [-0.15, -0.1) is 0 Å². The summed E-state index contributed by atoms with van der Waals surface area (Å²) in [6.07, 6.45) is 0. The van der Waals surface area contributed by atoms with E-state index >= 15 is 26.3 Å². The lowest BCUT2D eigenvalue weighted by atomic mass is 9.89. The summed E-state index contributed by atoms with van der Waals surface area (Å²) in [5.41, 5.74) is -4.89. The molecule has 0 saturated heterocycles. The van der Waals surface area contributed by atoms with Crippen molar-refractivity contribution in [3.05, 3.63) is 107 Å². The van der Waals surface area contributed by atoms with E-state index in [1.165, 1.54) is 99.1 Å². The van der Waals surface area contributed by atoms with Crippen LogP contribution in [-0.2, 0) is 0 Å². The Morgan fingerprint density at radius 1 is 0.551 bits per heavy atom. The Morgan fingerprint density at radius 3 is 1.24 bits per heavy atom. The van der Waals surface area contributed by atoms with E-state index in [1.807, 2.05) is 12.1 Å². The highest BCUT2D eigenvalue weighted by molar-refractivity contribution is 6.15. The van der Waals surface area contributed by atoms with Gasteiger partial charge in [0, 0.05) is 44.2 Å². The molecule has 0 fully saturated rings. The van der Waals surface area contributed by atoms with Crippen molar-refractivity contribution in [2.24, 2.45) is 0 Å². The Morgan fingerprint density at radius 2 is 0.918 bits per heavy atom. The number of ether oxygens (including phenoxy) is 2. The standard InChI is InChI=1S/C37H20F6N2O4/c1-46-23-9-5-21(6-10-23)33-29(25-13-3-19(17-44)15-27(25)48-33)31-32(36(40,41)37(42,43)35(31,38)39)30-26-14-4-20(18-45)16-28(26)49-34(30)22-7-11-24(47-2)12-8-22/h3-16H,1-2H3. The third kappa shape index (κ3) is 4.48. The van der Waals surface area contributed by atoms with Gasteiger partial charge in [0.1, 0.15) is 34.2 Å². The van der Waals surface area contributed by atoms with Crippen molar-refractivity contribution < 1.29 is 44.7 Å². The fraction of sp³-hybridized carbons (Fsp3) is 0.135. The van der Waals surface area contributed by atoms with E-state index in [0.717, 1.165) is 0 Å². The molecule has 0 saturated carbocycles. The Hall–Kier alpha value is -6.14. The van der Waals surface area contributed by atoms with E-state index < -0.39 is 51.6 Å². The predicted octanol–water partition coefficient (Wildman–Crippen LogP) is 10.1. The number of alkyl halides is 6. The summed E-state index contributed by atoms with van der Waals surface area (Å²) in [6.45, 7) is 0. The molecule has 0 atom stereocenters. The van der Waals surface area contributed by atoms with Crippen molar-refractivity contribution in [1.29, 1.82) is 10.5 Å². The first-order valence-corrected chi connectivity index (χ1v) is 14.5. The Kier molecular flexibility index (Phi) is 7.04. The number of furan rings is 2. The zero-order chi connectivity index (χ0) is 34.9. The van der Waals surface area contributed by atoms with Gasteiger partial charge in [-0.1, -0.05) is 0 Å². The first-order chi connectivity index (χ1) is 23.4. The second-order valence-electron chi connectivity index (χ2n) is 11.2. The molecule has 12 heteroatoms. The molecule has 244 valence electrons. The summed E-state index contributed by atoms with van der Waals surface area (Å²) in [6, 6.07) is 22.4. The fourth-order valence-electron chi connectivity index (χ4n) is 6.11. The number of halogens is 6. The highest BCUT2D eigenvalue weighted by atomic mass is 19.3. The third-order valence-corrected chi connectivity index (χ3v) is 8.51. The average Bonchev–Trinajstić information content (AvgIpc) is 3.70. The van der Waals surface area contributed by atoms with Crippen LogP contribution in [0.5, 0.6) is 11.5 Å². The van der Waals surface area contributed by atoms with E-state index in [4.69, 9.17) is 18.3 Å². The summed E-state index contributed by atoms with van der Waals surface area (Å²) < 4.78 is 120. The van der Waals surface area contributed by atoms with Gasteiger partial charge < -0.3 is 18.3 Å². The van der Waals surface area contributed by atoms with Crippen molar-refractivity contribution in [3.8, 4) is 46.3 Å². The molecule has 0 aliphatic heterocycles. The lowest BCUT2D eigenvalue weighted by Gasteiger charge is -2.26. The van der Waals surface area contributed by atoms with Gasteiger partial charge in [0.2, 0.25) is 0 Å². The molecule has 6 aromatic rings. The number of rotatable bonds is 6. The van der Waals surface area contributed by atoms with E-state index in [9.17, 15) is 10.5 Å². The fourth-order valence-corrected chi connectivity index (χ4v) is 6.11. The van der Waals surface area contributed by atoms with Crippen LogP contribution in [0.4, 0.5) is 26.3 Å². The second kappa shape index (κ2) is 11.0. The SMILES string of the molecule is COc1ccc(-c2oc3cc(C#N)ccc3c2C2=C(c3c(-c4ccc(OC)cc4)oc4cc(C#N)ccc34)C(F)(F)C(F)(F)C2(F)F)cc1. The molecular weight excluding hydrogens is 650 g/mol. The zero-order valence-electron chi connectivity index (χ0n) is 25.4. The number of methoxy groups -OCH3 is 2. The zero-order valence-corrected chi connectivity index (χ0v) is 25.4. The monoisotopic (exact) mass is 670 g/mol. The van der Waals surface area contributed by atoms with Gasteiger partial charge in [-0.2, -0.15) is 36.9 Å². The van der Waals surface area contributed by atoms with E-state index in [2.05, 4.69) is 0 Å². The minimum absolute atomic E-state index is 0.0491. The highest BCUT2D eigenvalue weighted by Gasteiger charge is 2.81. The van der Waals surface area contributed by atoms with E-state index in [0.29, 0.717) is 11.5 Å². The van der Waals surface area contributed by atoms with Gasteiger partial charge in [-0.3, -0.25) is 0 Å². The highest BCUT2D eigenvalue weighted by Crippen LogP contribution is 2.67. The van der Waals surface area contributed by atoms with Crippen molar-refractivity contribution in [3.63, 3.8) is 0 Å². The molecule has 0 amide bonds. The molecule has 4 aromatic carbocycles. The normalized spacial score (nSPS) is 16.1. The minimum atomic E-state index is -5.93. The van der Waals surface area contributed by atoms with Crippen LogP contribution in [0, 0.1) is 22.7 Å². The molecule has 1 aliphatic carbocycles. The molecule has 2 aromatic heterocycles. The van der Waals surface area contributed by atoms with Crippen LogP contribution in [0.25, 0.3) is 55.7 Å². The summed E-state index contributed by atoms with van der Waals surface area (Å²) >= 11 is 0. The first-order valence-electron chi connectivity index (χ1n) is 14.5. The van der Waals surface area contributed by atoms with Gasteiger partial charge >= 0.3 is 17.8 Å². The largest absolute Gasteiger partial charge is 0.497 e. The molecule has 0 spiro atoms. The molecule has 2 heterocycles. The van der Waals surface area contributed by atoms with E-state index in [1.54, 1.807) is 0 Å². The van der Waals surface area contributed by atoms with Crippen LogP contribution in [0.15, 0.2) is 93.8 Å². The van der Waals surface area contributed by atoms with Crippen LogP contribution >= 0.6 is 0 Å². The lowest BCUT2D eigenvalue weighted by molar-refractivity contribution is -0.254. The number of hydrogen-bond donors (Lipinski definition) is 0. The lowest BCUT2D eigenvalue weighted by Crippen LogP contribution is -2.48. The maximum Gasteiger partial charge on any atom is 0.380 e. The van der Waals surface area contributed by atoms with E-state index in [-0.39, 0.29) is 44.2 Å². The van der Waals surface area contributed by atoms with Crippen molar-refractivity contribution in [2.45, 2.75) is 17.8 Å². The first kappa shape index (κ1) is 31.5. The van der Waals surface area contributed by atoms with Crippen LogP contribution in [-0.4, -0.2) is 32.0 Å². The smallest absolute Gasteiger partial charge is 0.380 e. The van der Waals surface area contributed by atoms with Gasteiger partial charge in [0.05, 0.1) is 37.5 Å².